The smallest absolute Gasteiger partial charge is 0.309 e. The second-order valence-corrected chi connectivity index (χ2v) is 3.70. The van der Waals surface area contributed by atoms with Gasteiger partial charge in [-0.1, -0.05) is 37.3 Å². The van der Waals surface area contributed by atoms with Gasteiger partial charge in [0.25, 0.3) is 0 Å². The molecule has 0 aromatic heterocycles. The molecule has 2 atom stereocenters. The second-order valence-electron chi connectivity index (χ2n) is 3.70. The molecule has 0 saturated heterocycles. The van der Waals surface area contributed by atoms with Crippen molar-refractivity contribution in [2.24, 2.45) is 5.92 Å². The largest absolute Gasteiger partial charge is 0.481 e. The average Bonchev–Trinajstić information content (AvgIpc) is 2.28. The molecule has 82 valence electrons. The minimum Gasteiger partial charge on any atom is -0.481 e. The van der Waals surface area contributed by atoms with E-state index in [0.29, 0.717) is 12.0 Å². The number of hydrogen-bond acceptors (Lipinski definition) is 2. The monoisotopic (exact) mass is 208 g/mol. The van der Waals surface area contributed by atoms with Crippen LogP contribution in [-0.4, -0.2) is 16.2 Å². The first-order valence-electron chi connectivity index (χ1n) is 5.03. The molecule has 0 aliphatic rings. The van der Waals surface area contributed by atoms with Gasteiger partial charge < -0.3 is 10.2 Å². The zero-order valence-corrected chi connectivity index (χ0v) is 8.97. The molecular formula is C12H16O3. The highest BCUT2D eigenvalue weighted by atomic mass is 16.4. The molecule has 15 heavy (non-hydrogen) atoms. The van der Waals surface area contributed by atoms with Crippen molar-refractivity contribution in [1.82, 2.24) is 0 Å². The van der Waals surface area contributed by atoms with Crippen molar-refractivity contribution < 1.29 is 15.0 Å². The molecule has 1 aromatic carbocycles. The van der Waals surface area contributed by atoms with Crippen LogP contribution in [0.15, 0.2) is 30.3 Å². The van der Waals surface area contributed by atoms with Crippen molar-refractivity contribution in [2.75, 3.05) is 0 Å². The maximum Gasteiger partial charge on any atom is 0.309 e. The second kappa shape index (κ2) is 4.45. The average molecular weight is 208 g/mol. The lowest BCUT2D eigenvalue weighted by Crippen LogP contribution is -2.37. The third kappa shape index (κ3) is 2.18. The quantitative estimate of drug-likeness (QED) is 0.795. The molecule has 0 bridgehead atoms. The van der Waals surface area contributed by atoms with Gasteiger partial charge in [0.05, 0.1) is 5.92 Å². The number of carbonyl (C=O) groups is 1. The molecule has 0 radical (unpaired) electrons. The fourth-order valence-electron chi connectivity index (χ4n) is 1.69. The van der Waals surface area contributed by atoms with Crippen LogP contribution in [0.3, 0.4) is 0 Å². The summed E-state index contributed by atoms with van der Waals surface area (Å²) in [5, 5.41) is 19.3. The zero-order valence-electron chi connectivity index (χ0n) is 8.97. The molecule has 1 rings (SSSR count). The Morgan fingerprint density at radius 3 is 2.33 bits per heavy atom. The first kappa shape index (κ1) is 11.7. The van der Waals surface area contributed by atoms with E-state index in [1.807, 2.05) is 6.07 Å². The highest BCUT2D eigenvalue weighted by molar-refractivity contribution is 5.71. The Balaban J connectivity index is 3.11. The number of rotatable bonds is 4. The van der Waals surface area contributed by atoms with Gasteiger partial charge in [-0.2, -0.15) is 0 Å². The summed E-state index contributed by atoms with van der Waals surface area (Å²) < 4.78 is 0. The molecule has 3 nitrogen and oxygen atoms in total. The van der Waals surface area contributed by atoms with Crippen molar-refractivity contribution in [2.45, 2.75) is 25.9 Å². The van der Waals surface area contributed by atoms with Crippen molar-refractivity contribution in [3.63, 3.8) is 0 Å². The van der Waals surface area contributed by atoms with Crippen LogP contribution in [0, 0.1) is 5.92 Å². The third-order valence-corrected chi connectivity index (χ3v) is 2.90. The molecule has 0 heterocycles. The Morgan fingerprint density at radius 1 is 1.40 bits per heavy atom. The summed E-state index contributed by atoms with van der Waals surface area (Å²) in [6, 6.07) is 8.94. The molecule has 2 unspecified atom stereocenters. The van der Waals surface area contributed by atoms with E-state index in [-0.39, 0.29) is 0 Å². The zero-order chi connectivity index (χ0) is 11.5. The van der Waals surface area contributed by atoms with Crippen LogP contribution in [0.5, 0.6) is 0 Å². The van der Waals surface area contributed by atoms with Gasteiger partial charge in [-0.05, 0) is 18.9 Å². The molecule has 0 amide bonds. The van der Waals surface area contributed by atoms with E-state index < -0.39 is 17.5 Å². The standard InChI is InChI=1S/C12H16O3/c1-3-12(15,9(2)11(13)14)10-7-5-4-6-8-10/h4-9,15H,3H2,1-2H3,(H,13,14). The Labute approximate surface area is 89.4 Å². The van der Waals surface area contributed by atoms with Gasteiger partial charge in [0, 0.05) is 0 Å². The Morgan fingerprint density at radius 2 is 1.93 bits per heavy atom. The van der Waals surface area contributed by atoms with Crippen LogP contribution in [0.2, 0.25) is 0 Å². The van der Waals surface area contributed by atoms with Gasteiger partial charge in [-0.25, -0.2) is 0 Å². The molecule has 0 spiro atoms. The van der Waals surface area contributed by atoms with Crippen LogP contribution in [0.25, 0.3) is 0 Å². The summed E-state index contributed by atoms with van der Waals surface area (Å²) in [4.78, 5) is 10.9. The maximum atomic E-state index is 10.9. The maximum absolute atomic E-state index is 10.9. The minimum atomic E-state index is -1.28. The number of benzene rings is 1. The number of carboxylic acid groups (broad SMARTS) is 1. The number of aliphatic carboxylic acids is 1. The van der Waals surface area contributed by atoms with Crippen LogP contribution in [-0.2, 0) is 10.4 Å². The Hall–Kier alpha value is -1.35. The normalized spacial score (nSPS) is 16.7. The van der Waals surface area contributed by atoms with Crippen LogP contribution in [0.1, 0.15) is 25.8 Å². The Kier molecular flexibility index (Phi) is 3.48. The van der Waals surface area contributed by atoms with Gasteiger partial charge in [-0.3, -0.25) is 4.79 Å². The van der Waals surface area contributed by atoms with Crippen molar-refractivity contribution in [3.05, 3.63) is 35.9 Å². The van der Waals surface area contributed by atoms with E-state index >= 15 is 0 Å². The summed E-state index contributed by atoms with van der Waals surface area (Å²) >= 11 is 0. The van der Waals surface area contributed by atoms with E-state index in [2.05, 4.69) is 0 Å². The molecule has 0 fully saturated rings. The number of carboxylic acids is 1. The van der Waals surface area contributed by atoms with Gasteiger partial charge in [0.1, 0.15) is 5.60 Å². The lowest BCUT2D eigenvalue weighted by atomic mass is 9.80. The predicted molar refractivity (Wildman–Crippen MR) is 57.4 cm³/mol. The van der Waals surface area contributed by atoms with E-state index in [4.69, 9.17) is 5.11 Å². The van der Waals surface area contributed by atoms with Crippen LogP contribution >= 0.6 is 0 Å². The summed E-state index contributed by atoms with van der Waals surface area (Å²) in [5.74, 6) is -1.80. The molecule has 3 heteroatoms. The van der Waals surface area contributed by atoms with Gasteiger partial charge in [-0.15, -0.1) is 0 Å². The Bertz CT molecular complexity index is 334. The summed E-state index contributed by atoms with van der Waals surface area (Å²) in [6.45, 7) is 3.31. The highest BCUT2D eigenvalue weighted by Gasteiger charge is 2.38. The molecule has 0 aliphatic heterocycles. The summed E-state index contributed by atoms with van der Waals surface area (Å²) in [7, 11) is 0. The van der Waals surface area contributed by atoms with Gasteiger partial charge in [0.15, 0.2) is 0 Å². The van der Waals surface area contributed by atoms with Crippen molar-refractivity contribution in [1.29, 1.82) is 0 Å². The van der Waals surface area contributed by atoms with Crippen LogP contribution in [0.4, 0.5) is 0 Å². The van der Waals surface area contributed by atoms with Crippen molar-refractivity contribution in [3.8, 4) is 0 Å². The van der Waals surface area contributed by atoms with E-state index in [0.717, 1.165) is 0 Å². The van der Waals surface area contributed by atoms with Gasteiger partial charge >= 0.3 is 5.97 Å². The van der Waals surface area contributed by atoms with E-state index in [9.17, 15) is 9.90 Å². The number of aliphatic hydroxyl groups is 1. The summed E-state index contributed by atoms with van der Waals surface area (Å²) in [5.41, 5.74) is -0.630. The SMILES string of the molecule is CCC(O)(c1ccccc1)C(C)C(=O)O. The third-order valence-electron chi connectivity index (χ3n) is 2.90. The molecule has 0 saturated carbocycles. The lowest BCUT2D eigenvalue weighted by Gasteiger charge is -2.31. The van der Waals surface area contributed by atoms with E-state index in [1.165, 1.54) is 6.92 Å². The van der Waals surface area contributed by atoms with E-state index in [1.54, 1.807) is 31.2 Å². The first-order chi connectivity index (χ1) is 7.02. The van der Waals surface area contributed by atoms with Gasteiger partial charge in [0.2, 0.25) is 0 Å². The van der Waals surface area contributed by atoms with Crippen molar-refractivity contribution >= 4 is 5.97 Å². The fourth-order valence-corrected chi connectivity index (χ4v) is 1.69. The first-order valence-corrected chi connectivity index (χ1v) is 5.03. The molecule has 0 aliphatic carbocycles. The lowest BCUT2D eigenvalue weighted by molar-refractivity contribution is -0.152. The van der Waals surface area contributed by atoms with Crippen LogP contribution < -0.4 is 0 Å². The topological polar surface area (TPSA) is 57.5 Å². The molecule has 2 N–H and O–H groups in total. The predicted octanol–water partition coefficient (Wildman–Crippen LogP) is 2.00. The minimum absolute atomic E-state index is 0.379. The molecule has 1 aromatic rings. The highest BCUT2D eigenvalue weighted by Crippen LogP contribution is 2.32. The summed E-state index contributed by atoms with van der Waals surface area (Å²) in [6.07, 6.45) is 0.379. The number of hydrogen-bond donors (Lipinski definition) is 2. The molecular weight excluding hydrogens is 192 g/mol. The fraction of sp³-hybridized carbons (Fsp3) is 0.417.